The molecule has 0 heterocycles. The average Bonchev–Trinajstić information content (AvgIpc) is 2.28. The first-order chi connectivity index (χ1) is 7.68. The Labute approximate surface area is 101 Å². The molecule has 2 rings (SSSR count). The number of ether oxygens (including phenoxy) is 1. The molecular weight excluding hydrogens is 273 g/mol. The first kappa shape index (κ1) is 11.0. The van der Waals surface area contributed by atoms with Gasteiger partial charge in [-0.05, 0) is 40.2 Å². The Bertz CT molecular complexity index is 516. The van der Waals surface area contributed by atoms with Crippen LogP contribution >= 0.6 is 15.9 Å². The predicted octanol–water partition coefficient (Wildman–Crippen LogP) is 3.96. The quantitative estimate of drug-likeness (QED) is 0.846. The van der Waals surface area contributed by atoms with E-state index >= 15 is 0 Å². The summed E-state index contributed by atoms with van der Waals surface area (Å²) < 4.78 is 19.4. The Hall–Kier alpha value is -1.55. The summed E-state index contributed by atoms with van der Waals surface area (Å²) in [6.45, 7) is 0. The fraction of sp³-hybridized carbons (Fsp3) is 0. The van der Waals surface area contributed by atoms with E-state index in [1.54, 1.807) is 36.4 Å². The van der Waals surface area contributed by atoms with Crippen LogP contribution in [0.2, 0.25) is 0 Å². The van der Waals surface area contributed by atoms with Crippen LogP contribution in [0.4, 0.5) is 10.1 Å². The van der Waals surface area contributed by atoms with Crippen LogP contribution in [0.15, 0.2) is 46.9 Å². The number of halogens is 2. The maximum atomic E-state index is 13.3. The maximum absolute atomic E-state index is 13.3. The minimum atomic E-state index is -0.415. The Kier molecular flexibility index (Phi) is 3.10. The standard InChI is InChI=1S/C12H9BrFNO/c13-8-4-3-7-11(12(8)15)16-10-6-2-1-5-9(10)14/h1-7H,15H2. The second-order valence-corrected chi connectivity index (χ2v) is 4.04. The molecule has 0 atom stereocenters. The Morgan fingerprint density at radius 2 is 1.69 bits per heavy atom. The zero-order valence-corrected chi connectivity index (χ0v) is 9.87. The summed E-state index contributed by atoms with van der Waals surface area (Å²) in [6, 6.07) is 11.4. The second kappa shape index (κ2) is 4.53. The van der Waals surface area contributed by atoms with E-state index in [0.29, 0.717) is 11.4 Å². The summed E-state index contributed by atoms with van der Waals surface area (Å²) in [5.41, 5.74) is 6.24. The molecule has 0 spiro atoms. The van der Waals surface area contributed by atoms with Crippen molar-refractivity contribution in [2.45, 2.75) is 0 Å². The topological polar surface area (TPSA) is 35.2 Å². The van der Waals surface area contributed by atoms with Crippen molar-refractivity contribution < 1.29 is 9.13 Å². The van der Waals surface area contributed by atoms with Crippen molar-refractivity contribution in [3.63, 3.8) is 0 Å². The average molecular weight is 282 g/mol. The van der Waals surface area contributed by atoms with Gasteiger partial charge in [0.25, 0.3) is 0 Å². The van der Waals surface area contributed by atoms with E-state index in [-0.39, 0.29) is 5.75 Å². The van der Waals surface area contributed by atoms with Gasteiger partial charge in [-0.25, -0.2) is 4.39 Å². The molecule has 0 aromatic heterocycles. The number of nitrogen functional groups attached to an aromatic ring is 1. The summed E-state index contributed by atoms with van der Waals surface area (Å²) in [6.07, 6.45) is 0. The van der Waals surface area contributed by atoms with Gasteiger partial charge in [-0.3, -0.25) is 0 Å². The van der Waals surface area contributed by atoms with Crippen LogP contribution < -0.4 is 10.5 Å². The van der Waals surface area contributed by atoms with Crippen LogP contribution in [0.5, 0.6) is 11.5 Å². The van der Waals surface area contributed by atoms with Crippen LogP contribution in [0.1, 0.15) is 0 Å². The molecule has 0 amide bonds. The van der Waals surface area contributed by atoms with Gasteiger partial charge in [0.15, 0.2) is 17.3 Å². The smallest absolute Gasteiger partial charge is 0.165 e. The molecule has 82 valence electrons. The van der Waals surface area contributed by atoms with Gasteiger partial charge in [-0.1, -0.05) is 18.2 Å². The van der Waals surface area contributed by atoms with Crippen LogP contribution in [0, 0.1) is 5.82 Å². The minimum absolute atomic E-state index is 0.160. The normalized spacial score (nSPS) is 10.1. The minimum Gasteiger partial charge on any atom is -0.452 e. The van der Waals surface area contributed by atoms with E-state index in [0.717, 1.165) is 4.47 Å². The van der Waals surface area contributed by atoms with Crippen molar-refractivity contribution >= 4 is 21.6 Å². The molecule has 2 aromatic rings. The summed E-state index contributed by atoms with van der Waals surface area (Å²) in [7, 11) is 0. The Balaban J connectivity index is 2.35. The van der Waals surface area contributed by atoms with Gasteiger partial charge < -0.3 is 10.5 Å². The molecule has 2 aromatic carbocycles. The lowest BCUT2D eigenvalue weighted by molar-refractivity contribution is 0.444. The predicted molar refractivity (Wildman–Crippen MR) is 65.0 cm³/mol. The molecule has 2 nitrogen and oxygen atoms in total. The van der Waals surface area contributed by atoms with Gasteiger partial charge in [0.05, 0.1) is 5.69 Å². The van der Waals surface area contributed by atoms with Crippen molar-refractivity contribution in [1.82, 2.24) is 0 Å². The Morgan fingerprint density at radius 3 is 2.44 bits per heavy atom. The van der Waals surface area contributed by atoms with Crippen molar-refractivity contribution in [3.8, 4) is 11.5 Å². The van der Waals surface area contributed by atoms with Crippen molar-refractivity contribution in [2.24, 2.45) is 0 Å². The van der Waals surface area contributed by atoms with E-state index in [9.17, 15) is 4.39 Å². The number of anilines is 1. The summed E-state index contributed by atoms with van der Waals surface area (Å²) in [5.74, 6) is 0.175. The molecule has 0 unspecified atom stereocenters. The first-order valence-corrected chi connectivity index (χ1v) is 5.44. The van der Waals surface area contributed by atoms with Gasteiger partial charge in [0.1, 0.15) is 0 Å². The molecule has 0 saturated heterocycles. The van der Waals surface area contributed by atoms with Crippen LogP contribution in [0.3, 0.4) is 0 Å². The van der Waals surface area contributed by atoms with E-state index in [2.05, 4.69) is 15.9 Å². The molecular formula is C12H9BrFNO. The molecule has 0 fully saturated rings. The third-order valence-corrected chi connectivity index (χ3v) is 2.76. The summed E-state index contributed by atoms with van der Waals surface area (Å²) in [5, 5.41) is 0. The lowest BCUT2D eigenvalue weighted by Gasteiger charge is -2.09. The van der Waals surface area contributed by atoms with E-state index in [4.69, 9.17) is 10.5 Å². The maximum Gasteiger partial charge on any atom is 0.165 e. The molecule has 0 aliphatic rings. The fourth-order valence-corrected chi connectivity index (χ4v) is 1.60. The molecule has 0 aliphatic carbocycles. The van der Waals surface area contributed by atoms with Gasteiger partial charge in [0, 0.05) is 4.47 Å². The van der Waals surface area contributed by atoms with Crippen molar-refractivity contribution in [3.05, 3.63) is 52.8 Å². The number of hydrogen-bond acceptors (Lipinski definition) is 2. The van der Waals surface area contributed by atoms with E-state index in [1.807, 2.05) is 0 Å². The number of hydrogen-bond donors (Lipinski definition) is 1. The van der Waals surface area contributed by atoms with Crippen LogP contribution in [-0.2, 0) is 0 Å². The van der Waals surface area contributed by atoms with Crippen molar-refractivity contribution in [1.29, 1.82) is 0 Å². The lowest BCUT2D eigenvalue weighted by Crippen LogP contribution is -1.94. The highest BCUT2D eigenvalue weighted by Crippen LogP contribution is 2.33. The number of para-hydroxylation sites is 2. The highest BCUT2D eigenvalue weighted by Gasteiger charge is 2.07. The zero-order valence-electron chi connectivity index (χ0n) is 8.28. The number of nitrogens with two attached hydrogens (primary N) is 1. The number of benzene rings is 2. The third-order valence-electron chi connectivity index (χ3n) is 2.07. The number of rotatable bonds is 2. The molecule has 0 aliphatic heterocycles. The zero-order chi connectivity index (χ0) is 11.5. The molecule has 0 saturated carbocycles. The molecule has 16 heavy (non-hydrogen) atoms. The van der Waals surface area contributed by atoms with E-state index < -0.39 is 5.82 Å². The largest absolute Gasteiger partial charge is 0.452 e. The monoisotopic (exact) mass is 281 g/mol. The third kappa shape index (κ3) is 2.17. The Morgan fingerprint density at radius 1 is 1.00 bits per heavy atom. The molecule has 0 bridgehead atoms. The highest BCUT2D eigenvalue weighted by molar-refractivity contribution is 9.10. The molecule has 0 radical (unpaired) electrons. The van der Waals surface area contributed by atoms with E-state index in [1.165, 1.54) is 6.07 Å². The van der Waals surface area contributed by atoms with Crippen molar-refractivity contribution in [2.75, 3.05) is 5.73 Å². The SMILES string of the molecule is Nc1c(Br)cccc1Oc1ccccc1F. The second-order valence-electron chi connectivity index (χ2n) is 3.18. The summed E-state index contributed by atoms with van der Waals surface area (Å²) >= 11 is 3.28. The van der Waals surface area contributed by atoms with Gasteiger partial charge in [-0.15, -0.1) is 0 Å². The molecule has 4 heteroatoms. The van der Waals surface area contributed by atoms with Crippen LogP contribution in [0.25, 0.3) is 0 Å². The van der Waals surface area contributed by atoms with Gasteiger partial charge in [-0.2, -0.15) is 0 Å². The highest BCUT2D eigenvalue weighted by atomic mass is 79.9. The fourth-order valence-electron chi connectivity index (χ4n) is 1.25. The van der Waals surface area contributed by atoms with Gasteiger partial charge >= 0.3 is 0 Å². The first-order valence-electron chi connectivity index (χ1n) is 4.65. The molecule has 2 N–H and O–H groups in total. The van der Waals surface area contributed by atoms with Crippen LogP contribution in [-0.4, -0.2) is 0 Å². The lowest BCUT2D eigenvalue weighted by atomic mass is 10.3. The summed E-state index contributed by atoms with van der Waals surface area (Å²) in [4.78, 5) is 0. The van der Waals surface area contributed by atoms with Gasteiger partial charge in [0.2, 0.25) is 0 Å².